The molecule has 0 aliphatic carbocycles. The molecule has 2 N–H and O–H groups in total. The molecule has 1 unspecified atom stereocenters. The smallest absolute Gasteiger partial charge is 0.394 e. The zero-order valence-corrected chi connectivity index (χ0v) is 14.4. The van der Waals surface area contributed by atoms with Gasteiger partial charge in [0.15, 0.2) is 0 Å². The van der Waals surface area contributed by atoms with Crippen molar-refractivity contribution >= 4 is 23.8 Å². The molecule has 0 radical (unpaired) electrons. The summed E-state index contributed by atoms with van der Waals surface area (Å²) in [5, 5.41) is 11.7. The van der Waals surface area contributed by atoms with Gasteiger partial charge in [-0.15, -0.1) is 0 Å². The van der Waals surface area contributed by atoms with Crippen LogP contribution in [-0.4, -0.2) is 59.3 Å². The molecular formula is C14H23F3N2O3S. The summed E-state index contributed by atoms with van der Waals surface area (Å²) in [6.07, 6.45) is -2.73. The molecule has 9 heteroatoms. The molecule has 1 heterocycles. The predicted molar refractivity (Wildman–Crippen MR) is 82.4 cm³/mol. The Morgan fingerprint density at radius 1 is 1.30 bits per heavy atom. The largest absolute Gasteiger partial charge is 0.481 e. The number of hydrogen-bond donors (Lipinski definition) is 2. The molecule has 5 nitrogen and oxygen atoms in total. The molecule has 0 saturated carbocycles. The van der Waals surface area contributed by atoms with E-state index in [0.29, 0.717) is 6.54 Å². The summed E-state index contributed by atoms with van der Waals surface area (Å²) in [5.74, 6) is -5.16. The number of amides is 2. The number of thioether (sulfide) groups is 1. The highest BCUT2D eigenvalue weighted by Crippen LogP contribution is 2.37. The third-order valence-corrected chi connectivity index (χ3v) is 5.48. The Balaban J connectivity index is 2.70. The maximum atomic E-state index is 12.9. The van der Waals surface area contributed by atoms with Crippen molar-refractivity contribution in [3.63, 3.8) is 0 Å². The standard InChI is InChI=1S/C14H23F3N2O3S/c1-13(2,3)10(23-4)5-18-12(22)19-6-8(11(20)21)9(7-19)14(15,16)17/h8-10H,5-7H2,1-4H3,(H,18,22)(H,20,21)/t8-,9-,10?/m1/s1. The van der Waals surface area contributed by atoms with Gasteiger partial charge in [-0.25, -0.2) is 4.79 Å². The number of carbonyl (C=O) groups excluding carboxylic acids is 1. The number of urea groups is 1. The highest BCUT2D eigenvalue weighted by Gasteiger charge is 2.53. The number of carbonyl (C=O) groups is 2. The topological polar surface area (TPSA) is 69.6 Å². The van der Waals surface area contributed by atoms with Crippen LogP contribution < -0.4 is 5.32 Å². The highest BCUT2D eigenvalue weighted by molar-refractivity contribution is 7.99. The number of likely N-dealkylation sites (tertiary alicyclic amines) is 1. The molecule has 1 fully saturated rings. The molecule has 0 aromatic carbocycles. The van der Waals surface area contributed by atoms with Gasteiger partial charge in [-0.2, -0.15) is 24.9 Å². The lowest BCUT2D eigenvalue weighted by atomic mass is 9.91. The Kier molecular flexibility index (Phi) is 6.23. The second-order valence-electron chi connectivity index (χ2n) is 6.77. The van der Waals surface area contributed by atoms with Crippen LogP contribution in [0.4, 0.5) is 18.0 Å². The number of aliphatic carboxylic acids is 1. The van der Waals surface area contributed by atoms with Gasteiger partial charge in [0, 0.05) is 24.9 Å². The molecule has 23 heavy (non-hydrogen) atoms. The first-order chi connectivity index (χ1) is 10.4. The van der Waals surface area contributed by atoms with Crippen molar-refractivity contribution in [2.75, 3.05) is 25.9 Å². The van der Waals surface area contributed by atoms with E-state index in [1.54, 1.807) is 11.8 Å². The van der Waals surface area contributed by atoms with Gasteiger partial charge in [0.1, 0.15) is 0 Å². The van der Waals surface area contributed by atoms with Crippen LogP contribution in [0, 0.1) is 17.3 Å². The first-order valence-corrected chi connectivity index (χ1v) is 8.51. The SMILES string of the molecule is CSC(CNC(=O)N1C[C@@H](C(F)(F)F)[C@H](C(=O)O)C1)C(C)(C)C. The maximum Gasteiger partial charge on any atom is 0.394 e. The molecule has 1 aliphatic rings. The van der Waals surface area contributed by atoms with Gasteiger partial charge in [0.2, 0.25) is 0 Å². The molecule has 3 atom stereocenters. The Labute approximate surface area is 138 Å². The fourth-order valence-corrected chi connectivity index (χ4v) is 3.54. The maximum absolute atomic E-state index is 12.9. The molecule has 0 spiro atoms. The predicted octanol–water partition coefficient (Wildman–Crippen LogP) is 2.67. The molecular weight excluding hydrogens is 333 g/mol. The quantitative estimate of drug-likeness (QED) is 0.813. The minimum Gasteiger partial charge on any atom is -0.481 e. The number of carboxylic acids is 1. The lowest BCUT2D eigenvalue weighted by molar-refractivity contribution is -0.187. The fourth-order valence-electron chi connectivity index (χ4n) is 2.59. The summed E-state index contributed by atoms with van der Waals surface area (Å²) in [4.78, 5) is 24.0. The Bertz CT molecular complexity index is 452. The van der Waals surface area contributed by atoms with Crippen LogP contribution in [0.15, 0.2) is 0 Å². The van der Waals surface area contributed by atoms with Crippen LogP contribution in [0.5, 0.6) is 0 Å². The van der Waals surface area contributed by atoms with Gasteiger partial charge in [-0.05, 0) is 11.7 Å². The van der Waals surface area contributed by atoms with Crippen molar-refractivity contribution in [1.82, 2.24) is 10.2 Å². The van der Waals surface area contributed by atoms with Crippen LogP contribution >= 0.6 is 11.8 Å². The zero-order chi connectivity index (χ0) is 18.0. The average Bonchev–Trinajstić information content (AvgIpc) is 2.82. The summed E-state index contributed by atoms with van der Waals surface area (Å²) in [7, 11) is 0. The van der Waals surface area contributed by atoms with Crippen molar-refractivity contribution in [3.05, 3.63) is 0 Å². The van der Waals surface area contributed by atoms with Gasteiger partial charge in [-0.1, -0.05) is 20.8 Å². The Morgan fingerprint density at radius 3 is 2.22 bits per heavy atom. The number of carboxylic acid groups (broad SMARTS) is 1. The second kappa shape index (κ2) is 7.19. The number of nitrogens with one attached hydrogen (secondary N) is 1. The lowest BCUT2D eigenvalue weighted by Crippen LogP contribution is -2.44. The van der Waals surface area contributed by atoms with Gasteiger partial charge in [0.25, 0.3) is 0 Å². The zero-order valence-electron chi connectivity index (χ0n) is 13.6. The molecule has 134 valence electrons. The summed E-state index contributed by atoms with van der Waals surface area (Å²) in [6, 6.07) is -0.647. The van der Waals surface area contributed by atoms with Gasteiger partial charge in [-0.3, -0.25) is 4.79 Å². The second-order valence-corrected chi connectivity index (χ2v) is 7.81. The third-order valence-electron chi connectivity index (χ3n) is 4.03. The van der Waals surface area contributed by atoms with Crippen molar-refractivity contribution in [3.8, 4) is 0 Å². The van der Waals surface area contributed by atoms with Crippen molar-refractivity contribution < 1.29 is 27.9 Å². The van der Waals surface area contributed by atoms with Crippen LogP contribution in [0.1, 0.15) is 20.8 Å². The van der Waals surface area contributed by atoms with Gasteiger partial charge in [0.05, 0.1) is 11.8 Å². The monoisotopic (exact) mass is 356 g/mol. The van der Waals surface area contributed by atoms with Crippen molar-refractivity contribution in [1.29, 1.82) is 0 Å². The number of hydrogen-bond acceptors (Lipinski definition) is 3. The molecule has 1 aliphatic heterocycles. The van der Waals surface area contributed by atoms with E-state index >= 15 is 0 Å². The molecule has 0 aromatic heterocycles. The Hall–Kier alpha value is -1.12. The summed E-state index contributed by atoms with van der Waals surface area (Å²) >= 11 is 1.56. The minimum absolute atomic E-state index is 0.0736. The van der Waals surface area contributed by atoms with E-state index in [0.717, 1.165) is 4.90 Å². The average molecular weight is 356 g/mol. The minimum atomic E-state index is -4.63. The summed E-state index contributed by atoms with van der Waals surface area (Å²) in [5.41, 5.74) is -0.0736. The number of alkyl halides is 3. The summed E-state index contributed by atoms with van der Waals surface area (Å²) < 4.78 is 38.7. The van der Waals surface area contributed by atoms with Gasteiger partial charge < -0.3 is 15.3 Å². The normalized spacial score (nSPS) is 23.7. The van der Waals surface area contributed by atoms with E-state index in [2.05, 4.69) is 5.32 Å². The van der Waals surface area contributed by atoms with E-state index in [4.69, 9.17) is 5.11 Å². The summed E-state index contributed by atoms with van der Waals surface area (Å²) in [6.45, 7) is 5.30. The number of halogens is 3. The van der Waals surface area contributed by atoms with Crippen LogP contribution in [0.25, 0.3) is 0 Å². The molecule has 0 aromatic rings. The third kappa shape index (κ3) is 5.19. The highest BCUT2D eigenvalue weighted by atomic mass is 32.2. The van der Waals surface area contributed by atoms with E-state index < -0.39 is 43.1 Å². The van der Waals surface area contributed by atoms with E-state index in [1.807, 2.05) is 27.0 Å². The Morgan fingerprint density at radius 2 is 1.87 bits per heavy atom. The molecule has 1 saturated heterocycles. The van der Waals surface area contributed by atoms with Crippen LogP contribution in [0.3, 0.4) is 0 Å². The van der Waals surface area contributed by atoms with E-state index in [-0.39, 0.29) is 10.7 Å². The first-order valence-electron chi connectivity index (χ1n) is 7.23. The molecule has 2 amide bonds. The first kappa shape index (κ1) is 19.9. The fraction of sp³-hybridized carbons (Fsp3) is 0.857. The van der Waals surface area contributed by atoms with Gasteiger partial charge >= 0.3 is 18.2 Å². The number of rotatable bonds is 4. The molecule has 1 rings (SSSR count). The van der Waals surface area contributed by atoms with E-state index in [9.17, 15) is 22.8 Å². The molecule has 0 bridgehead atoms. The van der Waals surface area contributed by atoms with Crippen LogP contribution in [-0.2, 0) is 4.79 Å². The van der Waals surface area contributed by atoms with Crippen molar-refractivity contribution in [2.45, 2.75) is 32.2 Å². The van der Waals surface area contributed by atoms with Crippen LogP contribution in [0.2, 0.25) is 0 Å². The van der Waals surface area contributed by atoms with Crippen molar-refractivity contribution in [2.24, 2.45) is 17.3 Å². The lowest BCUT2D eigenvalue weighted by Gasteiger charge is -2.30. The number of nitrogens with zero attached hydrogens (tertiary/aromatic N) is 1. The van der Waals surface area contributed by atoms with E-state index in [1.165, 1.54) is 0 Å².